The molecule has 0 saturated carbocycles. The maximum absolute atomic E-state index is 11.7. The monoisotopic (exact) mass is 361 g/mol. The molecule has 2 aromatic heterocycles. The van der Waals surface area contributed by atoms with Crippen molar-refractivity contribution in [3.8, 4) is 0 Å². The van der Waals surface area contributed by atoms with Crippen LogP contribution in [0.3, 0.4) is 0 Å². The van der Waals surface area contributed by atoms with Crippen molar-refractivity contribution < 1.29 is 13.7 Å². The third-order valence-electron chi connectivity index (χ3n) is 4.08. The first kappa shape index (κ1) is 19.6. The molecule has 0 radical (unpaired) electrons. The Labute approximate surface area is 153 Å². The normalized spacial score (nSPS) is 11.6. The lowest BCUT2D eigenvalue weighted by Gasteiger charge is -2.11. The number of aromatic nitrogens is 1. The van der Waals surface area contributed by atoms with Gasteiger partial charge in [-0.05, 0) is 25.0 Å². The topological polar surface area (TPSA) is 105 Å². The van der Waals surface area contributed by atoms with Crippen molar-refractivity contribution in [1.29, 1.82) is 0 Å². The number of carbonyl (C=O) groups is 1. The molecule has 0 bridgehead atoms. The molecule has 0 atom stereocenters. The van der Waals surface area contributed by atoms with Crippen LogP contribution in [0.2, 0.25) is 0 Å². The van der Waals surface area contributed by atoms with Crippen molar-refractivity contribution in [3.05, 3.63) is 41.7 Å². The molecule has 0 aliphatic carbocycles. The van der Waals surface area contributed by atoms with Crippen LogP contribution in [0.5, 0.6) is 0 Å². The van der Waals surface area contributed by atoms with E-state index in [1.165, 1.54) is 6.26 Å². The Hall–Kier alpha value is -2.77. The second-order valence-corrected chi connectivity index (χ2v) is 5.82. The van der Waals surface area contributed by atoms with Crippen molar-refractivity contribution in [2.45, 2.75) is 39.2 Å². The van der Waals surface area contributed by atoms with E-state index in [9.17, 15) is 4.79 Å². The minimum Gasteiger partial charge on any atom is -0.459 e. The summed E-state index contributed by atoms with van der Waals surface area (Å²) in [5, 5.41) is 13.2. The SMILES string of the molecule is CCC(CC)c1cc(CNC(=NC)NCCNC(=O)c2ccco2)on1. The van der Waals surface area contributed by atoms with Crippen LogP contribution < -0.4 is 16.0 Å². The fraction of sp³-hybridized carbons (Fsp3) is 0.500. The number of hydrogen-bond acceptors (Lipinski definition) is 5. The average Bonchev–Trinajstić information content (AvgIpc) is 3.34. The molecule has 2 heterocycles. The van der Waals surface area contributed by atoms with Gasteiger partial charge in [0.1, 0.15) is 0 Å². The number of furan rings is 1. The molecule has 0 aromatic carbocycles. The number of nitrogens with one attached hydrogen (secondary N) is 3. The van der Waals surface area contributed by atoms with Gasteiger partial charge in [0.15, 0.2) is 17.5 Å². The Balaban J connectivity index is 1.70. The van der Waals surface area contributed by atoms with E-state index in [1.807, 2.05) is 6.07 Å². The number of aliphatic imine (C=N–C) groups is 1. The Bertz CT molecular complexity index is 690. The molecule has 2 aromatic rings. The summed E-state index contributed by atoms with van der Waals surface area (Å²) in [7, 11) is 1.69. The lowest BCUT2D eigenvalue weighted by Crippen LogP contribution is -2.41. The molecule has 1 amide bonds. The molecular formula is C18H27N5O3. The summed E-state index contributed by atoms with van der Waals surface area (Å²) in [6.07, 6.45) is 3.56. The number of nitrogens with zero attached hydrogens (tertiary/aromatic N) is 2. The van der Waals surface area contributed by atoms with E-state index in [0.717, 1.165) is 24.3 Å². The van der Waals surface area contributed by atoms with E-state index in [-0.39, 0.29) is 5.91 Å². The van der Waals surface area contributed by atoms with Gasteiger partial charge in [0, 0.05) is 32.1 Å². The zero-order chi connectivity index (χ0) is 18.8. The van der Waals surface area contributed by atoms with Gasteiger partial charge >= 0.3 is 0 Å². The maximum atomic E-state index is 11.7. The molecule has 0 unspecified atom stereocenters. The fourth-order valence-electron chi connectivity index (χ4n) is 2.55. The Morgan fingerprint density at radius 1 is 1.23 bits per heavy atom. The van der Waals surface area contributed by atoms with Crippen molar-refractivity contribution in [3.63, 3.8) is 0 Å². The van der Waals surface area contributed by atoms with Crippen molar-refractivity contribution in [1.82, 2.24) is 21.1 Å². The largest absolute Gasteiger partial charge is 0.459 e. The van der Waals surface area contributed by atoms with Crippen LogP contribution in [-0.4, -0.2) is 37.2 Å². The van der Waals surface area contributed by atoms with Crippen LogP contribution in [0.4, 0.5) is 0 Å². The second kappa shape index (κ2) is 10.3. The van der Waals surface area contributed by atoms with Gasteiger partial charge in [-0.15, -0.1) is 0 Å². The van der Waals surface area contributed by atoms with E-state index in [1.54, 1.807) is 19.2 Å². The van der Waals surface area contributed by atoms with E-state index in [4.69, 9.17) is 8.94 Å². The molecular weight excluding hydrogens is 334 g/mol. The summed E-state index contributed by atoms with van der Waals surface area (Å²) in [5.41, 5.74) is 0.996. The quantitative estimate of drug-likeness (QED) is 0.359. The minimum atomic E-state index is -0.240. The summed E-state index contributed by atoms with van der Waals surface area (Å²) in [6, 6.07) is 5.29. The van der Waals surface area contributed by atoms with Crippen LogP contribution in [0.25, 0.3) is 0 Å². The number of guanidine groups is 1. The van der Waals surface area contributed by atoms with E-state index < -0.39 is 0 Å². The molecule has 8 nitrogen and oxygen atoms in total. The zero-order valence-corrected chi connectivity index (χ0v) is 15.5. The highest BCUT2D eigenvalue weighted by Crippen LogP contribution is 2.22. The number of carbonyl (C=O) groups excluding carboxylic acids is 1. The summed E-state index contributed by atoms with van der Waals surface area (Å²) in [4.78, 5) is 15.9. The average molecular weight is 361 g/mol. The summed E-state index contributed by atoms with van der Waals surface area (Å²) in [6.45, 7) is 5.77. The van der Waals surface area contributed by atoms with Gasteiger partial charge < -0.3 is 24.9 Å². The standard InChI is InChI=1S/C18H27N5O3/c1-4-13(5-2)15-11-14(26-23-15)12-22-18(19-3)21-9-8-20-17(24)16-7-6-10-25-16/h6-7,10-11,13H,4-5,8-9,12H2,1-3H3,(H,20,24)(H2,19,21,22). The van der Waals surface area contributed by atoms with Crippen LogP contribution in [-0.2, 0) is 6.54 Å². The first-order valence-corrected chi connectivity index (χ1v) is 8.89. The van der Waals surface area contributed by atoms with Gasteiger partial charge in [-0.1, -0.05) is 19.0 Å². The molecule has 142 valence electrons. The molecule has 0 aliphatic heterocycles. The summed E-state index contributed by atoms with van der Waals surface area (Å²) in [5.74, 6) is 1.88. The molecule has 8 heteroatoms. The van der Waals surface area contributed by atoms with Gasteiger partial charge in [0.2, 0.25) is 0 Å². The molecule has 0 fully saturated rings. The smallest absolute Gasteiger partial charge is 0.287 e. The minimum absolute atomic E-state index is 0.240. The molecule has 26 heavy (non-hydrogen) atoms. The molecule has 2 rings (SSSR count). The molecule has 0 saturated heterocycles. The predicted octanol–water partition coefficient (Wildman–Crippen LogP) is 2.27. The van der Waals surface area contributed by atoms with Crippen molar-refractivity contribution >= 4 is 11.9 Å². The summed E-state index contributed by atoms with van der Waals surface area (Å²) >= 11 is 0. The van der Waals surface area contributed by atoms with Gasteiger partial charge in [-0.3, -0.25) is 9.79 Å². The maximum Gasteiger partial charge on any atom is 0.287 e. The third kappa shape index (κ3) is 5.65. The van der Waals surface area contributed by atoms with Crippen LogP contribution in [0.15, 0.2) is 38.4 Å². The summed E-state index contributed by atoms with van der Waals surface area (Å²) < 4.78 is 10.4. The van der Waals surface area contributed by atoms with Gasteiger partial charge in [0.25, 0.3) is 5.91 Å². The number of rotatable bonds is 9. The highest BCUT2D eigenvalue weighted by Gasteiger charge is 2.13. The third-order valence-corrected chi connectivity index (χ3v) is 4.08. The van der Waals surface area contributed by atoms with Gasteiger partial charge in [0.05, 0.1) is 18.5 Å². The Morgan fingerprint density at radius 2 is 2.00 bits per heavy atom. The molecule has 0 spiro atoms. The van der Waals surface area contributed by atoms with Crippen molar-refractivity contribution in [2.24, 2.45) is 4.99 Å². The predicted molar refractivity (Wildman–Crippen MR) is 99.1 cm³/mol. The van der Waals surface area contributed by atoms with Crippen LogP contribution in [0.1, 0.15) is 54.6 Å². The zero-order valence-electron chi connectivity index (χ0n) is 15.5. The first-order chi connectivity index (χ1) is 12.7. The Kier molecular flexibility index (Phi) is 7.73. The highest BCUT2D eigenvalue weighted by atomic mass is 16.5. The van der Waals surface area contributed by atoms with E-state index >= 15 is 0 Å². The van der Waals surface area contributed by atoms with E-state index in [0.29, 0.717) is 37.3 Å². The Morgan fingerprint density at radius 3 is 2.65 bits per heavy atom. The first-order valence-electron chi connectivity index (χ1n) is 8.89. The fourth-order valence-corrected chi connectivity index (χ4v) is 2.55. The molecule has 3 N–H and O–H groups in total. The number of hydrogen-bond donors (Lipinski definition) is 3. The lowest BCUT2D eigenvalue weighted by molar-refractivity contribution is 0.0926. The van der Waals surface area contributed by atoms with Crippen molar-refractivity contribution in [2.75, 3.05) is 20.1 Å². The van der Waals surface area contributed by atoms with Crippen LogP contribution in [0, 0.1) is 0 Å². The number of amides is 1. The van der Waals surface area contributed by atoms with Crippen LogP contribution >= 0.6 is 0 Å². The molecule has 0 aliphatic rings. The van der Waals surface area contributed by atoms with Gasteiger partial charge in [-0.2, -0.15) is 0 Å². The highest BCUT2D eigenvalue weighted by molar-refractivity contribution is 5.91. The lowest BCUT2D eigenvalue weighted by atomic mass is 9.99. The van der Waals surface area contributed by atoms with E-state index in [2.05, 4.69) is 39.9 Å². The second-order valence-electron chi connectivity index (χ2n) is 5.82. The van der Waals surface area contributed by atoms with Gasteiger partial charge in [-0.25, -0.2) is 0 Å².